The minimum Gasteiger partial charge on any atom is -0.466 e. The van der Waals surface area contributed by atoms with Gasteiger partial charge < -0.3 is 4.42 Å². The molecule has 2 heterocycles. The van der Waals surface area contributed by atoms with E-state index in [2.05, 4.69) is 4.72 Å². The molecule has 1 aliphatic rings. The summed E-state index contributed by atoms with van der Waals surface area (Å²) in [5.41, 5.74) is 0. The minimum atomic E-state index is -3.21. The number of nitrogens with zero attached hydrogens (tertiary/aromatic N) is 1. The maximum absolute atomic E-state index is 11.4. The molecule has 1 fully saturated rings. The SMILES string of the molecule is Cc1ccc(CCNS(=O)(=O)N2CC2)o1. The molecular weight excluding hydrogens is 216 g/mol. The van der Waals surface area contributed by atoms with Gasteiger partial charge in [-0.2, -0.15) is 12.7 Å². The first-order valence-electron chi connectivity index (χ1n) is 4.88. The molecule has 0 amide bonds. The fraction of sp³-hybridized carbons (Fsp3) is 0.556. The zero-order chi connectivity index (χ0) is 10.9. The first-order valence-corrected chi connectivity index (χ1v) is 6.32. The van der Waals surface area contributed by atoms with Crippen molar-refractivity contribution in [2.45, 2.75) is 13.3 Å². The summed E-state index contributed by atoms with van der Waals surface area (Å²) in [4.78, 5) is 0. The lowest BCUT2D eigenvalue weighted by atomic mass is 10.3. The molecule has 0 atom stereocenters. The predicted octanol–water partition coefficient (Wildman–Crippen LogP) is 0.281. The van der Waals surface area contributed by atoms with Crippen molar-refractivity contribution in [2.75, 3.05) is 19.6 Å². The van der Waals surface area contributed by atoms with E-state index in [1.807, 2.05) is 19.1 Å². The van der Waals surface area contributed by atoms with Crippen molar-refractivity contribution >= 4 is 10.2 Å². The molecule has 84 valence electrons. The molecule has 1 aromatic rings. The Bertz CT molecular complexity index is 434. The van der Waals surface area contributed by atoms with Crippen LogP contribution in [-0.4, -0.2) is 32.4 Å². The first-order chi connectivity index (χ1) is 7.08. The van der Waals surface area contributed by atoms with Crippen LogP contribution in [-0.2, 0) is 16.6 Å². The van der Waals surface area contributed by atoms with Crippen molar-refractivity contribution in [2.24, 2.45) is 0 Å². The third kappa shape index (κ3) is 2.80. The van der Waals surface area contributed by atoms with E-state index in [9.17, 15) is 8.42 Å². The molecule has 1 aromatic heterocycles. The Morgan fingerprint density at radius 2 is 2.20 bits per heavy atom. The molecule has 0 saturated carbocycles. The highest BCUT2D eigenvalue weighted by molar-refractivity contribution is 7.87. The maximum Gasteiger partial charge on any atom is 0.279 e. The van der Waals surface area contributed by atoms with Crippen molar-refractivity contribution in [1.82, 2.24) is 9.03 Å². The van der Waals surface area contributed by atoms with Crippen molar-refractivity contribution in [3.8, 4) is 0 Å². The molecule has 0 unspecified atom stereocenters. The number of rotatable bonds is 5. The van der Waals surface area contributed by atoms with E-state index in [1.165, 1.54) is 4.31 Å². The number of furan rings is 1. The molecule has 0 aliphatic carbocycles. The van der Waals surface area contributed by atoms with Crippen LogP contribution in [0.4, 0.5) is 0 Å². The summed E-state index contributed by atoms with van der Waals surface area (Å²) in [6.45, 7) is 3.51. The van der Waals surface area contributed by atoms with E-state index in [4.69, 9.17) is 4.42 Å². The summed E-state index contributed by atoms with van der Waals surface area (Å²) < 4.78 is 32.0. The van der Waals surface area contributed by atoms with Crippen LogP contribution in [0.1, 0.15) is 11.5 Å². The van der Waals surface area contributed by atoms with Gasteiger partial charge in [-0.3, -0.25) is 0 Å². The second-order valence-electron chi connectivity index (χ2n) is 3.56. The van der Waals surface area contributed by atoms with Gasteiger partial charge in [0.2, 0.25) is 0 Å². The Hall–Kier alpha value is -0.850. The Morgan fingerprint density at radius 3 is 2.73 bits per heavy atom. The Morgan fingerprint density at radius 1 is 1.47 bits per heavy atom. The van der Waals surface area contributed by atoms with Gasteiger partial charge in [-0.05, 0) is 19.1 Å². The molecule has 2 rings (SSSR count). The lowest BCUT2D eigenvalue weighted by molar-refractivity contribution is 0.479. The molecule has 15 heavy (non-hydrogen) atoms. The van der Waals surface area contributed by atoms with Gasteiger partial charge in [0.05, 0.1) is 0 Å². The first kappa shape index (κ1) is 10.7. The van der Waals surface area contributed by atoms with Crippen LogP contribution in [0, 0.1) is 6.92 Å². The summed E-state index contributed by atoms with van der Waals surface area (Å²) in [6.07, 6.45) is 0.584. The molecule has 5 nitrogen and oxygen atoms in total. The average molecular weight is 230 g/mol. The summed E-state index contributed by atoms with van der Waals surface area (Å²) in [5.74, 6) is 1.65. The molecule has 0 aromatic carbocycles. The molecule has 1 saturated heterocycles. The smallest absolute Gasteiger partial charge is 0.279 e. The van der Waals surface area contributed by atoms with E-state index in [0.717, 1.165) is 11.5 Å². The summed E-state index contributed by atoms with van der Waals surface area (Å²) in [5, 5.41) is 0. The Balaban J connectivity index is 1.79. The van der Waals surface area contributed by atoms with Crippen molar-refractivity contribution in [3.05, 3.63) is 23.7 Å². The highest BCUT2D eigenvalue weighted by Crippen LogP contribution is 2.10. The zero-order valence-corrected chi connectivity index (χ0v) is 9.38. The quantitative estimate of drug-likeness (QED) is 0.739. The second-order valence-corrected chi connectivity index (χ2v) is 5.32. The van der Waals surface area contributed by atoms with Crippen molar-refractivity contribution in [3.63, 3.8) is 0 Å². The lowest BCUT2D eigenvalue weighted by Gasteiger charge is -2.04. The van der Waals surface area contributed by atoms with Crippen LogP contribution < -0.4 is 4.72 Å². The topological polar surface area (TPSA) is 62.3 Å². The van der Waals surface area contributed by atoms with Gasteiger partial charge in [-0.15, -0.1) is 0 Å². The minimum absolute atomic E-state index is 0.381. The van der Waals surface area contributed by atoms with E-state index >= 15 is 0 Å². The van der Waals surface area contributed by atoms with Crippen LogP contribution in [0.3, 0.4) is 0 Å². The van der Waals surface area contributed by atoms with Crippen LogP contribution >= 0.6 is 0 Å². The number of hydrogen-bond acceptors (Lipinski definition) is 3. The third-order valence-electron chi connectivity index (χ3n) is 2.20. The highest BCUT2D eigenvalue weighted by atomic mass is 32.2. The largest absolute Gasteiger partial charge is 0.466 e. The fourth-order valence-corrected chi connectivity index (χ4v) is 2.40. The Labute approximate surface area is 89.3 Å². The van der Waals surface area contributed by atoms with Gasteiger partial charge in [0, 0.05) is 26.1 Å². The molecule has 0 spiro atoms. The average Bonchev–Trinajstić information content (AvgIpc) is 2.92. The monoisotopic (exact) mass is 230 g/mol. The normalized spacial score (nSPS) is 16.9. The van der Waals surface area contributed by atoms with Gasteiger partial charge in [-0.25, -0.2) is 4.72 Å². The van der Waals surface area contributed by atoms with Crippen LogP contribution in [0.5, 0.6) is 0 Å². The van der Waals surface area contributed by atoms with Gasteiger partial charge >= 0.3 is 0 Å². The molecule has 6 heteroatoms. The van der Waals surface area contributed by atoms with E-state index in [1.54, 1.807) is 0 Å². The third-order valence-corrected chi connectivity index (χ3v) is 3.81. The predicted molar refractivity (Wildman–Crippen MR) is 55.6 cm³/mol. The summed E-state index contributed by atoms with van der Waals surface area (Å²) in [6, 6.07) is 3.73. The molecule has 0 bridgehead atoms. The summed E-state index contributed by atoms with van der Waals surface area (Å²) in [7, 11) is -3.21. The van der Waals surface area contributed by atoms with Crippen molar-refractivity contribution < 1.29 is 12.8 Å². The summed E-state index contributed by atoms with van der Waals surface area (Å²) >= 11 is 0. The van der Waals surface area contributed by atoms with Crippen LogP contribution in [0.2, 0.25) is 0 Å². The van der Waals surface area contributed by atoms with E-state index in [0.29, 0.717) is 26.1 Å². The second kappa shape index (κ2) is 3.96. The molecule has 0 radical (unpaired) electrons. The van der Waals surface area contributed by atoms with Crippen LogP contribution in [0.25, 0.3) is 0 Å². The Kier molecular flexibility index (Phi) is 2.81. The van der Waals surface area contributed by atoms with Crippen LogP contribution in [0.15, 0.2) is 16.5 Å². The molecular formula is C9H14N2O3S. The number of hydrogen-bond donors (Lipinski definition) is 1. The van der Waals surface area contributed by atoms with Gasteiger partial charge in [0.15, 0.2) is 0 Å². The van der Waals surface area contributed by atoms with Gasteiger partial charge in [0.1, 0.15) is 11.5 Å². The zero-order valence-electron chi connectivity index (χ0n) is 8.56. The van der Waals surface area contributed by atoms with E-state index < -0.39 is 10.2 Å². The molecule has 1 N–H and O–H groups in total. The highest BCUT2D eigenvalue weighted by Gasteiger charge is 2.30. The number of aryl methyl sites for hydroxylation is 1. The van der Waals surface area contributed by atoms with E-state index in [-0.39, 0.29) is 0 Å². The number of nitrogens with one attached hydrogen (secondary N) is 1. The maximum atomic E-state index is 11.4. The van der Waals surface area contributed by atoms with Gasteiger partial charge in [-0.1, -0.05) is 0 Å². The van der Waals surface area contributed by atoms with Gasteiger partial charge in [0.25, 0.3) is 10.2 Å². The standard InChI is InChI=1S/C9H14N2O3S/c1-8-2-3-9(14-8)4-5-10-15(12,13)11-6-7-11/h2-3,10H,4-7H2,1H3. The fourth-order valence-electron chi connectivity index (χ4n) is 1.30. The molecule has 1 aliphatic heterocycles. The van der Waals surface area contributed by atoms with Crippen molar-refractivity contribution in [1.29, 1.82) is 0 Å². The lowest BCUT2D eigenvalue weighted by Crippen LogP contribution is -2.31.